The Labute approximate surface area is 173 Å². The van der Waals surface area contributed by atoms with E-state index in [1.165, 1.54) is 6.08 Å². The van der Waals surface area contributed by atoms with Crippen LogP contribution in [-0.2, 0) is 4.79 Å². The van der Waals surface area contributed by atoms with E-state index in [1.807, 2.05) is 0 Å². The van der Waals surface area contributed by atoms with Gasteiger partial charge >= 0.3 is 0 Å². The molecule has 0 aromatic carbocycles. The predicted octanol–water partition coefficient (Wildman–Crippen LogP) is 6.22. The van der Waals surface area contributed by atoms with Crippen LogP contribution in [0, 0.1) is 5.92 Å². The van der Waals surface area contributed by atoms with Crippen molar-refractivity contribution in [3.05, 3.63) is 22.3 Å². The van der Waals surface area contributed by atoms with Gasteiger partial charge in [-0.3, -0.25) is 4.79 Å². The SMILES string of the molecule is C=C(I)C[C@@H](C)CCC(O)/C=C/C(=O)CC[C@@H](Cl)CC(C)(C)I. The first kappa shape index (κ1) is 23.9. The zero-order chi connectivity index (χ0) is 18.0. The fraction of sp³-hybridized carbons (Fsp3) is 0.722. The van der Waals surface area contributed by atoms with Gasteiger partial charge in [-0.25, -0.2) is 0 Å². The second-order valence-electron chi connectivity index (χ2n) is 6.86. The van der Waals surface area contributed by atoms with Crippen molar-refractivity contribution < 1.29 is 9.90 Å². The maximum Gasteiger partial charge on any atom is 0.155 e. The summed E-state index contributed by atoms with van der Waals surface area (Å²) >= 11 is 10.9. The zero-order valence-electron chi connectivity index (χ0n) is 14.3. The van der Waals surface area contributed by atoms with Crippen molar-refractivity contribution in [2.75, 3.05) is 0 Å². The average Bonchev–Trinajstić information content (AvgIpc) is 2.38. The molecule has 23 heavy (non-hydrogen) atoms. The molecule has 2 nitrogen and oxygen atoms in total. The largest absolute Gasteiger partial charge is 0.389 e. The Kier molecular flexibility index (Phi) is 12.7. The Bertz CT molecular complexity index is 402. The number of carbonyl (C=O) groups is 1. The van der Waals surface area contributed by atoms with E-state index in [2.05, 4.69) is 72.5 Å². The second kappa shape index (κ2) is 12.3. The van der Waals surface area contributed by atoms with E-state index < -0.39 is 6.10 Å². The van der Waals surface area contributed by atoms with Crippen molar-refractivity contribution >= 4 is 62.6 Å². The molecule has 0 aliphatic heterocycles. The van der Waals surface area contributed by atoms with Crippen LogP contribution in [0.2, 0.25) is 0 Å². The molecule has 0 heterocycles. The number of hydrogen-bond acceptors (Lipinski definition) is 2. The van der Waals surface area contributed by atoms with Gasteiger partial charge in [0.05, 0.1) is 6.10 Å². The number of allylic oxidation sites excluding steroid dienone is 2. The molecular weight excluding hydrogens is 537 g/mol. The molecule has 0 saturated carbocycles. The Hall–Kier alpha value is 0.860. The molecule has 3 atom stereocenters. The van der Waals surface area contributed by atoms with Crippen LogP contribution in [0.15, 0.2) is 22.3 Å². The van der Waals surface area contributed by atoms with E-state index in [0.717, 1.165) is 22.8 Å². The van der Waals surface area contributed by atoms with Crippen molar-refractivity contribution in [2.45, 2.75) is 74.2 Å². The van der Waals surface area contributed by atoms with Gasteiger partial charge in [0.25, 0.3) is 0 Å². The third-order valence-corrected chi connectivity index (χ3v) is 4.69. The van der Waals surface area contributed by atoms with E-state index in [9.17, 15) is 9.90 Å². The smallest absolute Gasteiger partial charge is 0.155 e. The molecule has 0 spiro atoms. The molecule has 0 amide bonds. The number of carbonyl (C=O) groups excluding carboxylic acids is 1. The monoisotopic (exact) mass is 566 g/mol. The maximum atomic E-state index is 11.8. The van der Waals surface area contributed by atoms with Crippen LogP contribution in [0.4, 0.5) is 0 Å². The van der Waals surface area contributed by atoms with Crippen LogP contribution in [-0.4, -0.2) is 25.8 Å². The summed E-state index contributed by atoms with van der Waals surface area (Å²) in [4.78, 5) is 11.8. The molecule has 0 radical (unpaired) electrons. The first-order valence-corrected chi connectivity index (χ1v) is 10.6. The molecule has 134 valence electrons. The van der Waals surface area contributed by atoms with Gasteiger partial charge in [0.2, 0.25) is 0 Å². The highest BCUT2D eigenvalue weighted by Crippen LogP contribution is 2.27. The Balaban J connectivity index is 4.00. The quantitative estimate of drug-likeness (QED) is 0.173. The third-order valence-electron chi connectivity index (χ3n) is 3.44. The van der Waals surface area contributed by atoms with Gasteiger partial charge in [0, 0.05) is 15.2 Å². The number of aliphatic hydroxyl groups excluding tert-OH is 1. The molecule has 0 aliphatic carbocycles. The first-order chi connectivity index (χ1) is 10.5. The van der Waals surface area contributed by atoms with Crippen molar-refractivity contribution in [1.29, 1.82) is 0 Å². The van der Waals surface area contributed by atoms with Gasteiger partial charge < -0.3 is 5.11 Å². The van der Waals surface area contributed by atoms with Crippen LogP contribution in [0.25, 0.3) is 0 Å². The van der Waals surface area contributed by atoms with Crippen LogP contribution >= 0.6 is 56.8 Å². The molecule has 0 aliphatic rings. The van der Waals surface area contributed by atoms with E-state index in [4.69, 9.17) is 11.6 Å². The second-order valence-corrected chi connectivity index (χ2v) is 11.9. The lowest BCUT2D eigenvalue weighted by Gasteiger charge is -2.19. The fourth-order valence-corrected chi connectivity index (χ4v) is 4.30. The minimum Gasteiger partial charge on any atom is -0.389 e. The van der Waals surface area contributed by atoms with E-state index >= 15 is 0 Å². The summed E-state index contributed by atoms with van der Waals surface area (Å²) in [5.74, 6) is 0.543. The maximum absolute atomic E-state index is 11.8. The minimum absolute atomic E-state index is 0.0198. The van der Waals surface area contributed by atoms with Gasteiger partial charge in [-0.1, -0.05) is 56.0 Å². The van der Waals surface area contributed by atoms with Crippen molar-refractivity contribution in [3.8, 4) is 0 Å². The lowest BCUT2D eigenvalue weighted by atomic mass is 9.99. The fourth-order valence-electron chi connectivity index (χ4n) is 2.26. The lowest BCUT2D eigenvalue weighted by Crippen LogP contribution is -2.17. The van der Waals surface area contributed by atoms with E-state index in [-0.39, 0.29) is 14.6 Å². The van der Waals surface area contributed by atoms with Crippen molar-refractivity contribution in [1.82, 2.24) is 0 Å². The number of alkyl halides is 2. The van der Waals surface area contributed by atoms with Crippen molar-refractivity contribution in [3.63, 3.8) is 0 Å². The molecule has 1 unspecified atom stereocenters. The van der Waals surface area contributed by atoms with E-state index in [0.29, 0.717) is 25.2 Å². The van der Waals surface area contributed by atoms with Crippen LogP contribution in [0.1, 0.15) is 59.3 Å². The van der Waals surface area contributed by atoms with Gasteiger partial charge in [-0.05, 0) is 70.3 Å². The predicted molar refractivity (Wildman–Crippen MR) is 118 cm³/mol. The Morgan fingerprint density at radius 1 is 1.35 bits per heavy atom. The van der Waals surface area contributed by atoms with Crippen LogP contribution in [0.5, 0.6) is 0 Å². The highest BCUT2D eigenvalue weighted by molar-refractivity contribution is 14.1. The highest BCUT2D eigenvalue weighted by atomic mass is 127. The molecular formula is C18H29ClI2O2. The van der Waals surface area contributed by atoms with Crippen molar-refractivity contribution in [2.24, 2.45) is 5.92 Å². The standard InChI is InChI=1S/C18H29ClI2O2/c1-13(11-14(2)20)5-7-16(22)9-10-17(23)8-6-15(19)12-18(3,4)21/h9-10,13,15-16,22H,2,5-8,11-12H2,1,3-4H3/b10-9+/t13-,15+,16?/m0/s1. The first-order valence-electron chi connectivity index (χ1n) is 8.05. The van der Waals surface area contributed by atoms with Gasteiger partial charge in [-0.15, -0.1) is 11.6 Å². The summed E-state index contributed by atoms with van der Waals surface area (Å²) in [7, 11) is 0. The summed E-state index contributed by atoms with van der Waals surface area (Å²) in [5, 5.41) is 9.94. The number of rotatable bonds is 12. The number of hydrogen-bond donors (Lipinski definition) is 1. The number of ketones is 1. The molecule has 0 aromatic rings. The molecule has 0 fully saturated rings. The summed E-state index contributed by atoms with van der Waals surface area (Å²) < 4.78 is 1.29. The topological polar surface area (TPSA) is 37.3 Å². The summed E-state index contributed by atoms with van der Waals surface area (Å²) in [6.45, 7) is 10.3. The summed E-state index contributed by atoms with van der Waals surface area (Å²) in [6.07, 6.45) is 7.15. The zero-order valence-corrected chi connectivity index (χ0v) is 19.4. The molecule has 0 aromatic heterocycles. The molecule has 0 bridgehead atoms. The average molecular weight is 567 g/mol. The molecule has 0 rings (SSSR count). The Morgan fingerprint density at radius 3 is 2.48 bits per heavy atom. The summed E-state index contributed by atoms with van der Waals surface area (Å²) in [5.41, 5.74) is 0. The van der Waals surface area contributed by atoms with E-state index in [1.54, 1.807) is 6.08 Å². The van der Waals surface area contributed by atoms with Gasteiger partial charge in [0.15, 0.2) is 5.78 Å². The number of halogens is 3. The molecule has 5 heteroatoms. The Morgan fingerprint density at radius 2 is 1.96 bits per heavy atom. The van der Waals surface area contributed by atoms with Gasteiger partial charge in [0.1, 0.15) is 0 Å². The summed E-state index contributed by atoms with van der Waals surface area (Å²) in [6, 6.07) is 0. The molecule has 0 saturated heterocycles. The van der Waals surface area contributed by atoms with Gasteiger partial charge in [-0.2, -0.15) is 0 Å². The normalized spacial score (nSPS) is 16.3. The third kappa shape index (κ3) is 16.1. The van der Waals surface area contributed by atoms with Crippen LogP contribution in [0.3, 0.4) is 0 Å². The molecule has 1 N–H and O–H groups in total. The van der Waals surface area contributed by atoms with Crippen LogP contribution < -0.4 is 0 Å². The highest BCUT2D eigenvalue weighted by Gasteiger charge is 2.18. The minimum atomic E-state index is -0.552. The lowest BCUT2D eigenvalue weighted by molar-refractivity contribution is -0.114. The number of aliphatic hydroxyl groups is 1.